The van der Waals surface area contributed by atoms with E-state index in [0.29, 0.717) is 6.54 Å². The number of hydrogen-bond donors (Lipinski definition) is 3. The van der Waals surface area contributed by atoms with Crippen molar-refractivity contribution in [1.82, 2.24) is 15.2 Å². The van der Waals surface area contributed by atoms with Gasteiger partial charge in [-0.15, -0.1) is 0 Å². The van der Waals surface area contributed by atoms with Crippen LogP contribution in [0.1, 0.15) is 40.9 Å². The first kappa shape index (κ1) is 38.0. The molecule has 2 atom stereocenters. The number of rotatable bonds is 16. The van der Waals surface area contributed by atoms with Crippen molar-refractivity contribution < 1.29 is 50.6 Å². The molecular formula is C36H41BrN4O6S. The predicted octanol–water partition coefficient (Wildman–Crippen LogP) is 1.53. The van der Waals surface area contributed by atoms with Gasteiger partial charge in [-0.1, -0.05) is 91.0 Å². The molecule has 0 saturated heterocycles. The number of aliphatic carboxylic acids is 1. The zero-order chi connectivity index (χ0) is 33.8. The first-order valence-electron chi connectivity index (χ1n) is 15.4. The summed E-state index contributed by atoms with van der Waals surface area (Å²) in [4.78, 5) is 51.1. The summed E-state index contributed by atoms with van der Waals surface area (Å²) < 4.78 is 9.53. The molecule has 2 amide bonds. The van der Waals surface area contributed by atoms with Crippen LogP contribution in [0.5, 0.6) is 0 Å². The number of carbonyl (C=O) groups is 4. The fourth-order valence-corrected chi connectivity index (χ4v) is 6.17. The van der Waals surface area contributed by atoms with Gasteiger partial charge in [0.25, 0.3) is 0 Å². The molecule has 0 saturated carbocycles. The third kappa shape index (κ3) is 11.1. The monoisotopic (exact) mass is 736 g/mol. The van der Waals surface area contributed by atoms with Crippen LogP contribution in [0.4, 0.5) is 4.79 Å². The lowest BCUT2D eigenvalue weighted by Crippen LogP contribution is -3.00. The fourth-order valence-electron chi connectivity index (χ4n) is 5.05. The Morgan fingerprint density at radius 1 is 0.833 bits per heavy atom. The average molecular weight is 738 g/mol. The number of benzene rings is 3. The number of nitrogens with zero attached hydrogens (tertiary/aromatic N) is 2. The van der Waals surface area contributed by atoms with E-state index in [2.05, 4.69) is 31.9 Å². The highest BCUT2D eigenvalue weighted by molar-refractivity contribution is 7.99. The molecule has 3 aromatic carbocycles. The number of carboxylic acids is 1. The highest BCUT2D eigenvalue weighted by atomic mass is 79.9. The number of imidazole rings is 1. The number of hydrogen-bond acceptors (Lipinski definition) is 6. The Kier molecular flexibility index (Phi) is 14.9. The summed E-state index contributed by atoms with van der Waals surface area (Å²) in [5.41, 5.74) is 4.88. The smallest absolute Gasteiger partial charge is 0.408 e. The van der Waals surface area contributed by atoms with E-state index in [4.69, 9.17) is 4.74 Å². The molecule has 0 aliphatic heterocycles. The van der Waals surface area contributed by atoms with Crippen LogP contribution in [-0.2, 0) is 45.7 Å². The number of ether oxygens (including phenoxy) is 1. The molecule has 4 rings (SSSR count). The van der Waals surface area contributed by atoms with Crippen LogP contribution in [0, 0.1) is 13.8 Å². The number of alkyl carbamates (subject to hydrolysis) is 1. The number of Topliss-reactive ketones (excluding diaryl/α,β-unsaturated/α-hetero) is 1. The molecule has 3 N–H and O–H groups in total. The van der Waals surface area contributed by atoms with E-state index >= 15 is 0 Å². The minimum atomic E-state index is -1.32. The van der Waals surface area contributed by atoms with Crippen LogP contribution in [0.25, 0.3) is 0 Å². The average Bonchev–Trinajstić information content (AvgIpc) is 3.27. The molecular weight excluding hydrogens is 696 g/mol. The Bertz CT molecular complexity index is 1670. The highest BCUT2D eigenvalue weighted by Gasteiger charge is 2.29. The number of carbonyl (C=O) groups excluding carboxylic acids is 3. The predicted molar refractivity (Wildman–Crippen MR) is 179 cm³/mol. The van der Waals surface area contributed by atoms with Gasteiger partial charge in [-0.3, -0.25) is 9.59 Å². The third-order valence-electron chi connectivity index (χ3n) is 7.93. The van der Waals surface area contributed by atoms with Gasteiger partial charge < -0.3 is 37.5 Å². The van der Waals surface area contributed by atoms with E-state index in [1.807, 2.05) is 99.8 Å². The van der Waals surface area contributed by atoms with E-state index < -0.39 is 30.1 Å². The van der Waals surface area contributed by atoms with Crippen molar-refractivity contribution in [2.75, 3.05) is 5.75 Å². The van der Waals surface area contributed by atoms with E-state index in [-0.39, 0.29) is 54.4 Å². The number of nitrogens with one attached hydrogen (secondary N) is 2. The number of halogens is 1. The Morgan fingerprint density at radius 2 is 1.40 bits per heavy atom. The number of ketones is 1. The molecule has 0 aliphatic rings. The number of carboxylic acid groups (broad SMARTS) is 1. The van der Waals surface area contributed by atoms with Crippen molar-refractivity contribution in [3.63, 3.8) is 0 Å². The molecule has 4 aromatic rings. The molecule has 0 fully saturated rings. The van der Waals surface area contributed by atoms with E-state index in [0.717, 1.165) is 33.2 Å². The van der Waals surface area contributed by atoms with Crippen molar-refractivity contribution >= 4 is 35.5 Å². The van der Waals surface area contributed by atoms with Gasteiger partial charge in [-0.25, -0.2) is 18.7 Å². The quantitative estimate of drug-likeness (QED) is 0.118. The number of amides is 2. The van der Waals surface area contributed by atoms with Crippen molar-refractivity contribution in [3.05, 3.63) is 119 Å². The maximum atomic E-state index is 13.3. The molecule has 12 heteroatoms. The Balaban J connectivity index is 0.00000625. The Labute approximate surface area is 295 Å². The molecule has 254 valence electrons. The second-order valence-electron chi connectivity index (χ2n) is 11.3. The Hall–Kier alpha value is -4.42. The van der Waals surface area contributed by atoms with Gasteiger partial charge in [0.2, 0.25) is 5.91 Å². The highest BCUT2D eigenvalue weighted by Crippen LogP contribution is 2.21. The van der Waals surface area contributed by atoms with Gasteiger partial charge >= 0.3 is 17.2 Å². The number of thioether (sulfide) groups is 1. The van der Waals surface area contributed by atoms with Crippen LogP contribution in [-0.4, -0.2) is 51.3 Å². The summed E-state index contributed by atoms with van der Waals surface area (Å²) in [7, 11) is 1.96. The first-order valence-corrected chi connectivity index (χ1v) is 16.4. The van der Waals surface area contributed by atoms with Crippen molar-refractivity contribution in [2.24, 2.45) is 7.05 Å². The largest absolute Gasteiger partial charge is 1.00 e. The second kappa shape index (κ2) is 18.8. The lowest BCUT2D eigenvalue weighted by atomic mass is 10.0. The SMILES string of the molecule is Cc1c(C)[n+](C)c(SCC(=O)CC[C@H](NC(=O)[C@H](Cc2ccccc2)NC(=O)OCc2ccccc2)C(=O)O)n1Cc1ccccc1.[Br-]. The van der Waals surface area contributed by atoms with Crippen LogP contribution in [0.2, 0.25) is 0 Å². The topological polar surface area (TPSA) is 131 Å². The van der Waals surface area contributed by atoms with Gasteiger partial charge in [0.05, 0.1) is 12.8 Å². The van der Waals surface area contributed by atoms with Crippen LogP contribution in [0.15, 0.2) is 96.2 Å². The van der Waals surface area contributed by atoms with E-state index in [1.54, 1.807) is 0 Å². The van der Waals surface area contributed by atoms with E-state index in [9.17, 15) is 24.3 Å². The normalized spacial score (nSPS) is 11.9. The zero-order valence-electron chi connectivity index (χ0n) is 27.2. The summed E-state index contributed by atoms with van der Waals surface area (Å²) in [6.45, 7) is 4.76. The van der Waals surface area contributed by atoms with Crippen molar-refractivity contribution in [1.29, 1.82) is 0 Å². The van der Waals surface area contributed by atoms with Crippen molar-refractivity contribution in [2.45, 2.75) is 63.5 Å². The van der Waals surface area contributed by atoms with Gasteiger partial charge in [-0.2, -0.15) is 0 Å². The van der Waals surface area contributed by atoms with Crippen LogP contribution < -0.4 is 32.2 Å². The summed E-state index contributed by atoms with van der Waals surface area (Å²) in [6, 6.07) is 25.8. The molecule has 0 aliphatic carbocycles. The fraction of sp³-hybridized carbons (Fsp3) is 0.306. The summed E-state index contributed by atoms with van der Waals surface area (Å²) in [5.74, 6) is -1.94. The molecule has 48 heavy (non-hydrogen) atoms. The van der Waals surface area contributed by atoms with Crippen molar-refractivity contribution in [3.8, 4) is 0 Å². The third-order valence-corrected chi connectivity index (χ3v) is 9.14. The minimum Gasteiger partial charge on any atom is -1.00 e. The second-order valence-corrected chi connectivity index (χ2v) is 12.2. The van der Waals surface area contributed by atoms with Gasteiger partial charge in [0, 0.05) is 26.7 Å². The summed E-state index contributed by atoms with van der Waals surface area (Å²) in [5, 5.41) is 15.9. The molecule has 1 heterocycles. The molecule has 1 aromatic heterocycles. The minimum absolute atomic E-state index is 0. The molecule has 0 spiro atoms. The van der Waals surface area contributed by atoms with Crippen LogP contribution in [0.3, 0.4) is 0 Å². The summed E-state index contributed by atoms with van der Waals surface area (Å²) in [6.07, 6.45) is -0.819. The Morgan fingerprint density at radius 3 is 1.98 bits per heavy atom. The zero-order valence-corrected chi connectivity index (χ0v) is 29.6. The molecule has 0 radical (unpaired) electrons. The maximum absolute atomic E-state index is 13.3. The van der Waals surface area contributed by atoms with Gasteiger partial charge in [-0.05, 0) is 34.9 Å². The van der Waals surface area contributed by atoms with Gasteiger partial charge in [0.1, 0.15) is 42.4 Å². The standard InChI is InChI=1S/C36H40N4O6S.BrH/c1-25-26(2)40(22-28-15-9-5-10-16-28)36(39(25)3)47-24-30(41)19-20-31(34(43)44)37-33(42)32(21-27-13-7-4-8-14-27)38-35(45)46-23-29-17-11-6-12-18-29;/h4-18,31-32H,19-24H2,1-3H3,(H2-,37,38,42,43,44,45);1H/t31-,32-;/m0./s1. The van der Waals surface area contributed by atoms with Gasteiger partial charge in [0.15, 0.2) is 0 Å². The first-order chi connectivity index (χ1) is 22.6. The van der Waals surface area contributed by atoms with E-state index in [1.165, 1.54) is 11.8 Å². The molecule has 0 bridgehead atoms. The summed E-state index contributed by atoms with van der Waals surface area (Å²) >= 11 is 1.41. The van der Waals surface area contributed by atoms with Crippen LogP contribution >= 0.6 is 11.8 Å². The maximum Gasteiger partial charge on any atom is 0.408 e. The number of aromatic nitrogens is 2. The lowest BCUT2D eigenvalue weighted by molar-refractivity contribution is -0.715. The molecule has 0 unspecified atom stereocenters. The lowest BCUT2D eigenvalue weighted by Gasteiger charge is -2.21. The molecule has 10 nitrogen and oxygen atoms in total.